The Labute approximate surface area is 203 Å². The molecule has 0 radical (unpaired) electrons. The lowest BCUT2D eigenvalue weighted by Crippen LogP contribution is -2.27. The van der Waals surface area contributed by atoms with Gasteiger partial charge in [-0.1, -0.05) is 66.0 Å². The molecule has 32 heavy (non-hydrogen) atoms. The zero-order chi connectivity index (χ0) is 22.7. The summed E-state index contributed by atoms with van der Waals surface area (Å²) in [6.07, 6.45) is 6.57. The molecule has 8 heteroatoms. The molecule has 0 bridgehead atoms. The van der Waals surface area contributed by atoms with Gasteiger partial charge in [-0.2, -0.15) is 0 Å². The maximum atomic E-state index is 13.1. The summed E-state index contributed by atoms with van der Waals surface area (Å²) >= 11 is 5.27. The van der Waals surface area contributed by atoms with Gasteiger partial charge in [0, 0.05) is 29.9 Å². The summed E-state index contributed by atoms with van der Waals surface area (Å²) in [5, 5.41) is 0.973. The highest BCUT2D eigenvalue weighted by atomic mass is 79.9. The van der Waals surface area contributed by atoms with E-state index >= 15 is 0 Å². The van der Waals surface area contributed by atoms with Crippen LogP contribution < -0.4 is 0 Å². The minimum Gasteiger partial charge on any atom is -0.316 e. The van der Waals surface area contributed by atoms with Crippen molar-refractivity contribution in [3.8, 4) is 0 Å². The quantitative estimate of drug-likeness (QED) is 0.288. The van der Waals surface area contributed by atoms with Crippen molar-refractivity contribution in [2.24, 2.45) is 0 Å². The number of nitrogens with zero attached hydrogens (tertiary/aromatic N) is 3. The number of hydrogen-bond acceptors (Lipinski definition) is 4. The molecule has 4 rings (SSSR count). The maximum Gasteiger partial charge on any atom is 0.242 e. The molecule has 1 aliphatic carbocycles. The second kappa shape index (κ2) is 10.3. The van der Waals surface area contributed by atoms with E-state index in [1.807, 2.05) is 18.2 Å². The Morgan fingerprint density at radius 1 is 1.19 bits per heavy atom. The van der Waals surface area contributed by atoms with Crippen molar-refractivity contribution in [2.75, 3.05) is 13.6 Å². The highest BCUT2D eigenvalue weighted by Gasteiger charge is 2.25. The van der Waals surface area contributed by atoms with Crippen molar-refractivity contribution < 1.29 is 8.42 Å². The Bertz CT molecular complexity index is 1190. The molecular formula is C24H30BrN3O2S2. The highest BCUT2D eigenvalue weighted by molar-refractivity contribution is 9.10. The molecule has 1 aromatic heterocycles. The third kappa shape index (κ3) is 5.08. The number of rotatable bonds is 9. The molecule has 1 heterocycles. The fourth-order valence-corrected chi connectivity index (χ4v) is 6.99. The Morgan fingerprint density at radius 3 is 2.69 bits per heavy atom. The minimum atomic E-state index is -3.51. The van der Waals surface area contributed by atoms with Crippen LogP contribution >= 0.6 is 27.7 Å². The monoisotopic (exact) mass is 535 g/mol. The first-order chi connectivity index (χ1) is 15.4. The fourth-order valence-electron chi connectivity index (χ4n) is 4.29. The van der Waals surface area contributed by atoms with Gasteiger partial charge in [0.2, 0.25) is 10.0 Å². The third-order valence-electron chi connectivity index (χ3n) is 6.11. The van der Waals surface area contributed by atoms with Crippen LogP contribution in [0.2, 0.25) is 0 Å². The second-order valence-corrected chi connectivity index (χ2v) is 12.4. The molecule has 2 aromatic carbocycles. The van der Waals surface area contributed by atoms with Gasteiger partial charge < -0.3 is 4.57 Å². The summed E-state index contributed by atoms with van der Waals surface area (Å²) in [7, 11) is -1.85. The smallest absolute Gasteiger partial charge is 0.242 e. The van der Waals surface area contributed by atoms with Crippen molar-refractivity contribution in [1.29, 1.82) is 0 Å². The molecule has 1 fully saturated rings. The molecule has 172 valence electrons. The van der Waals surface area contributed by atoms with E-state index in [9.17, 15) is 8.42 Å². The van der Waals surface area contributed by atoms with Crippen LogP contribution in [0.1, 0.15) is 57.1 Å². The van der Waals surface area contributed by atoms with Crippen molar-refractivity contribution in [3.63, 3.8) is 0 Å². The van der Waals surface area contributed by atoms with Gasteiger partial charge in [0.1, 0.15) is 0 Å². The van der Waals surface area contributed by atoms with Gasteiger partial charge in [-0.25, -0.2) is 17.7 Å². The normalized spacial score (nSPS) is 15.2. The van der Waals surface area contributed by atoms with E-state index in [0.29, 0.717) is 17.5 Å². The Morgan fingerprint density at radius 2 is 1.97 bits per heavy atom. The van der Waals surface area contributed by atoms with E-state index in [1.54, 1.807) is 30.9 Å². The number of sulfonamides is 1. The van der Waals surface area contributed by atoms with Crippen LogP contribution in [0.5, 0.6) is 0 Å². The predicted octanol–water partition coefficient (Wildman–Crippen LogP) is 6.63. The first-order valence-electron chi connectivity index (χ1n) is 11.3. The van der Waals surface area contributed by atoms with E-state index in [-0.39, 0.29) is 0 Å². The average Bonchev–Trinajstić information content (AvgIpc) is 3.42. The molecule has 0 aliphatic heterocycles. The molecule has 1 saturated carbocycles. The van der Waals surface area contributed by atoms with Crippen LogP contribution in [0.3, 0.4) is 0 Å². The summed E-state index contributed by atoms with van der Waals surface area (Å²) in [6, 6.07) is 14.2. The van der Waals surface area contributed by atoms with Gasteiger partial charge in [0.25, 0.3) is 0 Å². The number of halogens is 1. The number of unbranched alkanes of at least 4 members (excludes halogenated alkanes) is 1. The Balaban J connectivity index is 1.68. The van der Waals surface area contributed by atoms with E-state index in [2.05, 4.69) is 39.6 Å². The first-order valence-corrected chi connectivity index (χ1v) is 14.5. The Hall–Kier alpha value is -1.35. The zero-order valence-electron chi connectivity index (χ0n) is 18.6. The van der Waals surface area contributed by atoms with Gasteiger partial charge in [0.05, 0.1) is 15.9 Å². The Kier molecular flexibility index (Phi) is 7.65. The molecule has 5 nitrogen and oxygen atoms in total. The summed E-state index contributed by atoms with van der Waals surface area (Å²) < 4.78 is 31.0. The number of aromatic nitrogens is 2. The zero-order valence-corrected chi connectivity index (χ0v) is 21.8. The summed E-state index contributed by atoms with van der Waals surface area (Å²) in [5.41, 5.74) is 3.03. The van der Waals surface area contributed by atoms with Crippen LogP contribution in [0.25, 0.3) is 11.0 Å². The van der Waals surface area contributed by atoms with Gasteiger partial charge in [0.15, 0.2) is 5.16 Å². The van der Waals surface area contributed by atoms with E-state index in [1.165, 1.54) is 22.7 Å². The molecule has 0 amide bonds. The van der Waals surface area contributed by atoms with Crippen molar-refractivity contribution in [2.45, 2.75) is 67.3 Å². The van der Waals surface area contributed by atoms with Gasteiger partial charge in [-0.15, -0.1) is 0 Å². The number of imidazole rings is 1. The highest BCUT2D eigenvalue weighted by Crippen LogP contribution is 2.38. The number of fused-ring (bicyclic) bond motifs is 1. The summed E-state index contributed by atoms with van der Waals surface area (Å²) in [5.74, 6) is 0.820. The predicted molar refractivity (Wildman–Crippen MR) is 136 cm³/mol. The lowest BCUT2D eigenvalue weighted by atomic mass is 10.2. The lowest BCUT2D eigenvalue weighted by molar-refractivity contribution is 0.459. The second-order valence-electron chi connectivity index (χ2n) is 8.45. The number of benzene rings is 2. The molecule has 0 saturated heterocycles. The molecular weight excluding hydrogens is 506 g/mol. The average molecular weight is 537 g/mol. The van der Waals surface area contributed by atoms with Crippen LogP contribution in [0, 0.1) is 0 Å². The van der Waals surface area contributed by atoms with Gasteiger partial charge >= 0.3 is 0 Å². The van der Waals surface area contributed by atoms with Crippen LogP contribution in [0.15, 0.2) is 57.0 Å². The van der Waals surface area contributed by atoms with E-state index < -0.39 is 10.0 Å². The van der Waals surface area contributed by atoms with Crippen molar-refractivity contribution in [3.05, 3.63) is 52.5 Å². The topological polar surface area (TPSA) is 55.2 Å². The van der Waals surface area contributed by atoms with Crippen molar-refractivity contribution in [1.82, 2.24) is 13.9 Å². The standard InChI is InChI=1S/C24H30BrN3O2S2/c1-3-4-14-27(2)32(29,30)21-12-13-23-22(16-21)26-24(28(23)20-10-5-6-11-20)31-17-18-8-7-9-19(25)15-18/h7-9,12-13,15-16,20H,3-6,10-11,14,17H2,1-2H3. The molecule has 3 aromatic rings. The fraction of sp³-hybridized carbons (Fsp3) is 0.458. The van der Waals surface area contributed by atoms with Gasteiger partial charge in [-0.05, 0) is 55.2 Å². The van der Waals surface area contributed by atoms with Gasteiger partial charge in [-0.3, -0.25) is 0 Å². The molecule has 1 aliphatic rings. The lowest BCUT2D eigenvalue weighted by Gasteiger charge is -2.18. The summed E-state index contributed by atoms with van der Waals surface area (Å²) in [6.45, 7) is 2.59. The SMILES string of the molecule is CCCCN(C)S(=O)(=O)c1ccc2c(c1)nc(SCc1cccc(Br)c1)n2C1CCCC1. The summed E-state index contributed by atoms with van der Waals surface area (Å²) in [4.78, 5) is 5.24. The van der Waals surface area contributed by atoms with Crippen LogP contribution in [0.4, 0.5) is 0 Å². The molecule has 0 unspecified atom stereocenters. The van der Waals surface area contributed by atoms with E-state index in [4.69, 9.17) is 4.98 Å². The number of thioether (sulfide) groups is 1. The van der Waals surface area contributed by atoms with Crippen LogP contribution in [-0.2, 0) is 15.8 Å². The molecule has 0 atom stereocenters. The molecule has 0 N–H and O–H groups in total. The maximum absolute atomic E-state index is 13.1. The minimum absolute atomic E-state index is 0.322. The van der Waals surface area contributed by atoms with Crippen LogP contribution in [-0.4, -0.2) is 35.9 Å². The third-order valence-corrected chi connectivity index (χ3v) is 9.48. The van der Waals surface area contributed by atoms with E-state index in [0.717, 1.165) is 52.1 Å². The van der Waals surface area contributed by atoms with Crippen molar-refractivity contribution >= 4 is 48.7 Å². The first kappa shape index (κ1) is 23.8. The largest absolute Gasteiger partial charge is 0.316 e. The molecule has 0 spiro atoms. The number of hydrogen-bond donors (Lipinski definition) is 0.